The molecule has 1 atom stereocenters. The number of amides is 1. The smallest absolute Gasteiger partial charge is 0.272 e. The number of aryl methyl sites for hydroxylation is 1. The van der Waals surface area contributed by atoms with Gasteiger partial charge in [-0.2, -0.15) is 0 Å². The van der Waals surface area contributed by atoms with Crippen molar-refractivity contribution in [3.05, 3.63) is 53.7 Å². The Morgan fingerprint density at radius 2 is 2.29 bits per heavy atom. The molecule has 0 saturated carbocycles. The van der Waals surface area contributed by atoms with E-state index in [1.807, 2.05) is 12.1 Å². The van der Waals surface area contributed by atoms with Crippen LogP contribution in [0.5, 0.6) is 5.75 Å². The molecule has 6 heteroatoms. The Bertz CT molecular complexity index is 889. The summed E-state index contributed by atoms with van der Waals surface area (Å²) < 4.78 is 5.33. The highest BCUT2D eigenvalue weighted by molar-refractivity contribution is 5.92. The zero-order valence-corrected chi connectivity index (χ0v) is 13.4. The van der Waals surface area contributed by atoms with Crippen LogP contribution in [-0.4, -0.2) is 28.0 Å². The second kappa shape index (κ2) is 5.96. The van der Waals surface area contributed by atoms with Crippen molar-refractivity contribution in [3.63, 3.8) is 0 Å². The molecule has 1 amide bonds. The number of hydrogen-bond acceptors (Lipinski definition) is 4. The maximum Gasteiger partial charge on any atom is 0.272 e. The number of ether oxygens (including phenoxy) is 1. The Labute approximate surface area is 139 Å². The summed E-state index contributed by atoms with van der Waals surface area (Å²) in [5, 5.41) is 4.25. The van der Waals surface area contributed by atoms with Gasteiger partial charge in [-0.05, 0) is 43.0 Å². The van der Waals surface area contributed by atoms with Crippen LogP contribution in [-0.2, 0) is 6.42 Å². The van der Waals surface area contributed by atoms with Crippen molar-refractivity contribution >= 4 is 16.8 Å². The summed E-state index contributed by atoms with van der Waals surface area (Å²) in [4.78, 5) is 23.9. The Morgan fingerprint density at radius 3 is 3.08 bits per heavy atom. The van der Waals surface area contributed by atoms with Gasteiger partial charge >= 0.3 is 0 Å². The zero-order valence-electron chi connectivity index (χ0n) is 13.4. The standard InChI is InChI=1S/C18H18N4O2/c1-24-11-5-6-14-13(9-11)12-3-2-4-15(17(12)21-14)22-18(23)16-10-19-7-8-20-16/h5-10,15,21H,2-4H2,1H3,(H,22,23)/t15-/m0/s1. The highest BCUT2D eigenvalue weighted by Gasteiger charge is 2.26. The first-order valence-corrected chi connectivity index (χ1v) is 8.01. The number of nitrogens with one attached hydrogen (secondary N) is 2. The lowest BCUT2D eigenvalue weighted by Crippen LogP contribution is -2.31. The number of carbonyl (C=O) groups excluding carboxylic acids is 1. The van der Waals surface area contributed by atoms with Crippen LogP contribution in [0.3, 0.4) is 0 Å². The lowest BCUT2D eigenvalue weighted by Gasteiger charge is -2.23. The minimum Gasteiger partial charge on any atom is -0.497 e. The molecule has 1 aliphatic carbocycles. The summed E-state index contributed by atoms with van der Waals surface area (Å²) in [6, 6.07) is 5.98. The van der Waals surface area contributed by atoms with Gasteiger partial charge in [-0.1, -0.05) is 0 Å². The topological polar surface area (TPSA) is 79.9 Å². The van der Waals surface area contributed by atoms with Crippen molar-refractivity contribution in [2.24, 2.45) is 0 Å². The van der Waals surface area contributed by atoms with E-state index in [4.69, 9.17) is 4.74 Å². The van der Waals surface area contributed by atoms with E-state index in [9.17, 15) is 4.79 Å². The molecule has 1 aliphatic rings. The number of fused-ring (bicyclic) bond motifs is 3. The van der Waals surface area contributed by atoms with E-state index in [1.54, 1.807) is 13.3 Å². The lowest BCUT2D eigenvalue weighted by atomic mass is 9.91. The molecule has 0 unspecified atom stereocenters. The van der Waals surface area contributed by atoms with Gasteiger partial charge in [0.2, 0.25) is 0 Å². The normalized spacial score (nSPS) is 16.6. The second-order valence-electron chi connectivity index (χ2n) is 5.94. The molecule has 2 N–H and O–H groups in total. The molecule has 24 heavy (non-hydrogen) atoms. The second-order valence-corrected chi connectivity index (χ2v) is 5.94. The fraction of sp³-hybridized carbons (Fsp3) is 0.278. The van der Waals surface area contributed by atoms with E-state index < -0.39 is 0 Å². The summed E-state index contributed by atoms with van der Waals surface area (Å²) in [5.41, 5.74) is 3.75. The molecule has 2 heterocycles. The van der Waals surface area contributed by atoms with Crippen LogP contribution in [0.25, 0.3) is 10.9 Å². The van der Waals surface area contributed by atoms with Crippen molar-refractivity contribution in [1.29, 1.82) is 0 Å². The first kappa shape index (κ1) is 14.7. The summed E-state index contributed by atoms with van der Waals surface area (Å²) >= 11 is 0. The number of hydrogen-bond donors (Lipinski definition) is 2. The van der Waals surface area contributed by atoms with Crippen LogP contribution in [0, 0.1) is 0 Å². The maximum absolute atomic E-state index is 12.4. The molecular weight excluding hydrogens is 304 g/mol. The molecule has 0 radical (unpaired) electrons. The van der Waals surface area contributed by atoms with Crippen molar-refractivity contribution in [1.82, 2.24) is 20.3 Å². The summed E-state index contributed by atoms with van der Waals surface area (Å²) in [7, 11) is 1.67. The average molecular weight is 322 g/mol. The van der Waals surface area contributed by atoms with E-state index in [-0.39, 0.29) is 11.9 Å². The average Bonchev–Trinajstić information content (AvgIpc) is 3.01. The summed E-state index contributed by atoms with van der Waals surface area (Å²) in [6.45, 7) is 0. The molecule has 122 valence electrons. The fourth-order valence-electron chi connectivity index (χ4n) is 3.36. The fourth-order valence-corrected chi connectivity index (χ4v) is 3.36. The molecule has 0 spiro atoms. The first-order valence-electron chi connectivity index (χ1n) is 8.01. The van der Waals surface area contributed by atoms with Crippen LogP contribution in [0.2, 0.25) is 0 Å². The third-order valence-electron chi connectivity index (χ3n) is 4.52. The number of nitrogens with zero attached hydrogens (tertiary/aromatic N) is 2. The number of aromatic amines is 1. The monoisotopic (exact) mass is 322 g/mol. The quantitative estimate of drug-likeness (QED) is 0.777. The van der Waals surface area contributed by atoms with Gasteiger partial charge in [0.25, 0.3) is 5.91 Å². The SMILES string of the molecule is COc1ccc2[nH]c3c(c2c1)CCC[C@@H]3NC(=O)c1cnccn1. The predicted octanol–water partition coefficient (Wildman–Crippen LogP) is 2.77. The molecule has 3 aromatic rings. The van der Waals surface area contributed by atoms with Crippen molar-refractivity contribution in [2.45, 2.75) is 25.3 Å². The van der Waals surface area contributed by atoms with Crippen LogP contribution in [0.4, 0.5) is 0 Å². The first-order chi connectivity index (χ1) is 11.8. The number of rotatable bonds is 3. The Balaban J connectivity index is 1.67. The van der Waals surface area contributed by atoms with E-state index in [0.717, 1.165) is 36.2 Å². The minimum absolute atomic E-state index is 0.0401. The highest BCUT2D eigenvalue weighted by Crippen LogP contribution is 2.36. The molecule has 1 aromatic carbocycles. The van der Waals surface area contributed by atoms with Gasteiger partial charge in [0, 0.05) is 29.0 Å². The summed E-state index contributed by atoms with van der Waals surface area (Å²) in [5.74, 6) is 0.646. The van der Waals surface area contributed by atoms with Gasteiger partial charge in [-0.25, -0.2) is 4.98 Å². The van der Waals surface area contributed by atoms with Gasteiger partial charge < -0.3 is 15.0 Å². The summed E-state index contributed by atoms with van der Waals surface area (Å²) in [6.07, 6.45) is 7.50. The molecular formula is C18H18N4O2. The van der Waals surface area contributed by atoms with Gasteiger partial charge in [0.1, 0.15) is 11.4 Å². The minimum atomic E-state index is -0.197. The Hall–Kier alpha value is -2.89. The number of aromatic nitrogens is 3. The predicted molar refractivity (Wildman–Crippen MR) is 90.0 cm³/mol. The lowest BCUT2D eigenvalue weighted by molar-refractivity contribution is 0.0926. The van der Waals surface area contributed by atoms with Gasteiger partial charge in [-0.3, -0.25) is 9.78 Å². The molecule has 4 rings (SSSR count). The molecule has 0 bridgehead atoms. The van der Waals surface area contributed by atoms with E-state index in [1.165, 1.54) is 23.3 Å². The van der Waals surface area contributed by atoms with Crippen LogP contribution < -0.4 is 10.1 Å². The molecule has 0 aliphatic heterocycles. The van der Waals surface area contributed by atoms with Crippen LogP contribution in [0.1, 0.15) is 40.6 Å². The number of H-pyrrole nitrogens is 1. The molecule has 0 fully saturated rings. The van der Waals surface area contributed by atoms with E-state index >= 15 is 0 Å². The number of methoxy groups -OCH3 is 1. The van der Waals surface area contributed by atoms with Gasteiger partial charge in [-0.15, -0.1) is 0 Å². The molecule has 6 nitrogen and oxygen atoms in total. The van der Waals surface area contributed by atoms with Crippen LogP contribution >= 0.6 is 0 Å². The van der Waals surface area contributed by atoms with Gasteiger partial charge in [0.15, 0.2) is 0 Å². The number of carbonyl (C=O) groups is 1. The largest absolute Gasteiger partial charge is 0.497 e. The van der Waals surface area contributed by atoms with Crippen molar-refractivity contribution in [3.8, 4) is 5.75 Å². The third-order valence-corrected chi connectivity index (χ3v) is 4.52. The molecule has 0 saturated heterocycles. The molecule has 2 aromatic heterocycles. The highest BCUT2D eigenvalue weighted by atomic mass is 16.5. The van der Waals surface area contributed by atoms with Gasteiger partial charge in [0.05, 0.1) is 19.3 Å². The van der Waals surface area contributed by atoms with Crippen LogP contribution in [0.15, 0.2) is 36.8 Å². The Morgan fingerprint density at radius 1 is 1.38 bits per heavy atom. The third kappa shape index (κ3) is 2.50. The van der Waals surface area contributed by atoms with Crippen molar-refractivity contribution in [2.75, 3.05) is 7.11 Å². The number of benzene rings is 1. The maximum atomic E-state index is 12.4. The Kier molecular flexibility index (Phi) is 3.65. The van der Waals surface area contributed by atoms with E-state index in [0.29, 0.717) is 5.69 Å². The van der Waals surface area contributed by atoms with Crippen molar-refractivity contribution < 1.29 is 9.53 Å². The zero-order chi connectivity index (χ0) is 16.5. The van der Waals surface area contributed by atoms with E-state index in [2.05, 4.69) is 26.3 Å².